The number of hydrogen-bond acceptors (Lipinski definition) is 0. The van der Waals surface area contributed by atoms with Gasteiger partial charge in [-0.3, -0.25) is 0 Å². The van der Waals surface area contributed by atoms with Crippen LogP contribution in [-0.4, -0.2) is 136 Å². The topological polar surface area (TPSA) is 167 Å². The Morgan fingerprint density at radius 2 is 0.315 bits per heavy atom. The summed E-state index contributed by atoms with van der Waals surface area (Å²) in [5, 5.41) is 30.1. The van der Waals surface area contributed by atoms with Crippen LogP contribution in [0.5, 0.6) is 0 Å². The Hall–Kier alpha value is -2.83. The van der Waals surface area contributed by atoms with Crippen LogP contribution in [0.2, 0.25) is 0 Å². The van der Waals surface area contributed by atoms with Gasteiger partial charge in [-0.1, -0.05) is 0 Å². The molecule has 0 aliphatic rings. The predicted molar refractivity (Wildman–Crippen MR) is 102 cm³/mol. The van der Waals surface area contributed by atoms with E-state index >= 15 is 0 Å². The van der Waals surface area contributed by atoms with Gasteiger partial charge in [-0.2, -0.15) is 123 Å². The van der Waals surface area contributed by atoms with E-state index in [1.165, 1.54) is 0 Å². The Kier molecular flexibility index (Phi) is 21.5. The number of halogens is 28. The van der Waals surface area contributed by atoms with Gasteiger partial charge in [0.25, 0.3) is 0 Å². The molecule has 0 aliphatic heterocycles. The minimum absolute atomic E-state index is 0. The molecular formula is C16H8F28O8Rh2+4. The molecular weight excluding hydrogens is 1060 g/mol. The molecule has 0 aromatic heterocycles. The fourth-order valence-electron chi connectivity index (χ4n) is 1.27. The van der Waals surface area contributed by atoms with E-state index in [2.05, 4.69) is 0 Å². The molecule has 0 bridgehead atoms. The molecule has 0 spiro atoms. The van der Waals surface area contributed by atoms with Crippen molar-refractivity contribution in [3.05, 3.63) is 0 Å². The number of aliphatic hydroxyl groups excluding tert-OH is 4. The van der Waals surface area contributed by atoms with E-state index < -0.39 is 96.0 Å². The maximum atomic E-state index is 11.8. The SMILES string of the molecule is OC(=[OH+])C(F)(F)C(F)(F)C(F)(F)F.OC(=[OH+])C(F)(F)C(F)(F)C(F)(F)F.OC(=[OH+])C(F)(F)C(F)(F)C(F)(F)F.OC(=[OH+])C(F)(F)C(F)(F)C(F)(F)F.[Rh].[Rh]. The molecule has 0 aromatic carbocycles. The zero-order valence-corrected chi connectivity index (χ0v) is 26.1. The summed E-state index contributed by atoms with van der Waals surface area (Å²) in [5.41, 5.74) is 0. The van der Waals surface area contributed by atoms with Crippen LogP contribution in [0.3, 0.4) is 0 Å². The third-order valence-corrected chi connectivity index (χ3v) is 4.12. The zero-order chi connectivity index (χ0) is 44.3. The maximum Gasteiger partial charge on any atom is 0.561 e. The number of rotatable bonds is 8. The number of alkyl halides is 28. The van der Waals surface area contributed by atoms with E-state index in [1.807, 2.05) is 0 Å². The average molecular weight is 1070 g/mol. The summed E-state index contributed by atoms with van der Waals surface area (Å²) in [5.74, 6) is -63.4. The van der Waals surface area contributed by atoms with Gasteiger partial charge in [0.2, 0.25) is 0 Å². The Bertz CT molecular complexity index is 1070. The number of hydrogen-bond donors (Lipinski definition) is 4. The third kappa shape index (κ3) is 13.1. The van der Waals surface area contributed by atoms with Crippen LogP contribution in [0.4, 0.5) is 123 Å². The molecule has 0 atom stereocenters. The van der Waals surface area contributed by atoms with Crippen LogP contribution >= 0.6 is 0 Å². The van der Waals surface area contributed by atoms with Gasteiger partial charge in [0, 0.05) is 39.0 Å². The summed E-state index contributed by atoms with van der Waals surface area (Å²) >= 11 is 0. The van der Waals surface area contributed by atoms with Crippen LogP contribution in [-0.2, 0) is 39.0 Å². The van der Waals surface area contributed by atoms with Gasteiger partial charge in [0.05, 0.1) is 0 Å². The molecule has 0 unspecified atom stereocenters. The van der Waals surface area contributed by atoms with Gasteiger partial charge >= 0.3 is 96.0 Å². The van der Waals surface area contributed by atoms with E-state index in [0.717, 1.165) is 0 Å². The van der Waals surface area contributed by atoms with Crippen molar-refractivity contribution in [3.63, 3.8) is 0 Å². The second kappa shape index (κ2) is 18.4. The summed E-state index contributed by atoms with van der Waals surface area (Å²) in [6.45, 7) is 0. The zero-order valence-electron chi connectivity index (χ0n) is 22.8. The molecule has 38 heteroatoms. The normalized spacial score (nSPS) is 13.9. The van der Waals surface area contributed by atoms with Crippen molar-refractivity contribution in [3.8, 4) is 0 Å². The molecule has 0 heterocycles. The van der Waals surface area contributed by atoms with Gasteiger partial charge in [0.1, 0.15) is 0 Å². The first-order valence-electron chi connectivity index (χ1n) is 10.1. The van der Waals surface area contributed by atoms with Crippen LogP contribution in [0.1, 0.15) is 0 Å². The van der Waals surface area contributed by atoms with Gasteiger partial charge in [-0.15, -0.1) is 0 Å². The van der Waals surface area contributed by atoms with Crippen molar-refractivity contribution < 1.29 is 201 Å². The Morgan fingerprint density at radius 1 is 0.241 bits per heavy atom. The first-order valence-corrected chi connectivity index (χ1v) is 10.1. The third-order valence-electron chi connectivity index (χ3n) is 4.12. The van der Waals surface area contributed by atoms with Crippen molar-refractivity contribution in [2.45, 2.75) is 72.1 Å². The molecule has 2 radical (unpaired) electrons. The van der Waals surface area contributed by atoms with E-state index in [4.69, 9.17) is 39.6 Å². The molecule has 0 aromatic rings. The maximum absolute atomic E-state index is 11.8. The molecule has 0 saturated heterocycles. The van der Waals surface area contributed by atoms with Crippen molar-refractivity contribution in [1.29, 1.82) is 0 Å². The summed E-state index contributed by atoms with van der Waals surface area (Å²) < 4.78 is 323. The summed E-state index contributed by atoms with van der Waals surface area (Å²) in [6, 6.07) is 0. The largest absolute Gasteiger partial charge is 0.561 e. The van der Waals surface area contributed by atoms with E-state index in [-0.39, 0.29) is 39.0 Å². The van der Waals surface area contributed by atoms with Gasteiger partial charge in [0.15, 0.2) is 0 Å². The van der Waals surface area contributed by atoms with Crippen LogP contribution in [0, 0.1) is 0 Å². The second-order valence-electron chi connectivity index (χ2n) is 7.88. The fraction of sp³-hybridized carbons (Fsp3) is 0.750. The van der Waals surface area contributed by atoms with Crippen molar-refractivity contribution in [1.82, 2.24) is 0 Å². The van der Waals surface area contributed by atoms with Crippen LogP contribution < -0.4 is 0 Å². The number of carboxylic acid groups (broad SMARTS) is 4. The molecule has 8 nitrogen and oxygen atoms in total. The molecule has 0 rings (SSSR count). The van der Waals surface area contributed by atoms with Crippen LogP contribution in [0.25, 0.3) is 0 Å². The van der Waals surface area contributed by atoms with E-state index in [1.54, 1.807) is 0 Å². The Morgan fingerprint density at radius 3 is 0.333 bits per heavy atom. The first kappa shape index (κ1) is 63.1. The Labute approximate surface area is 297 Å². The first-order chi connectivity index (χ1) is 21.8. The van der Waals surface area contributed by atoms with Crippen molar-refractivity contribution >= 4 is 23.9 Å². The van der Waals surface area contributed by atoms with E-state index in [9.17, 15) is 123 Å². The van der Waals surface area contributed by atoms with Crippen molar-refractivity contribution in [2.75, 3.05) is 0 Å². The van der Waals surface area contributed by atoms with Gasteiger partial charge < -0.3 is 39.6 Å². The van der Waals surface area contributed by atoms with Gasteiger partial charge in [-0.25, -0.2) is 0 Å². The average Bonchev–Trinajstić information content (AvgIpc) is 2.86. The monoisotopic (exact) mass is 1070 g/mol. The summed E-state index contributed by atoms with van der Waals surface area (Å²) in [6.07, 6.45) is -26.2. The van der Waals surface area contributed by atoms with Gasteiger partial charge in [-0.05, 0) is 0 Å². The molecule has 0 aliphatic carbocycles. The minimum atomic E-state index is -6.56. The minimum Gasteiger partial charge on any atom is -0.334 e. The molecule has 330 valence electrons. The fourth-order valence-corrected chi connectivity index (χ4v) is 1.27. The summed E-state index contributed by atoms with van der Waals surface area (Å²) in [4.78, 5) is 30.1. The number of aliphatic carboxylic acids is 4. The summed E-state index contributed by atoms with van der Waals surface area (Å²) in [7, 11) is 0. The molecule has 54 heavy (non-hydrogen) atoms. The van der Waals surface area contributed by atoms with Crippen LogP contribution in [0.15, 0.2) is 0 Å². The quantitative estimate of drug-likeness (QED) is 0.112. The molecule has 0 fully saturated rings. The molecule has 8 N–H and O–H groups in total. The van der Waals surface area contributed by atoms with E-state index in [0.29, 0.717) is 0 Å². The second-order valence-corrected chi connectivity index (χ2v) is 7.88. The molecule has 0 saturated carbocycles. The number of carboxylic acids is 4. The Balaban J connectivity index is -0.000000140. The van der Waals surface area contributed by atoms with Crippen molar-refractivity contribution in [2.24, 2.45) is 0 Å². The standard InChI is InChI=1S/4C4HF7O2.2Rh/c4*5-2(6,1(12)13)3(7,8)4(9,10)11;;/h4*(H,12,13);;/p+4. The molecule has 0 amide bonds. The predicted octanol–water partition coefficient (Wildman–Crippen LogP) is 7.51. The smallest absolute Gasteiger partial charge is 0.334 e.